The summed E-state index contributed by atoms with van der Waals surface area (Å²) in [6, 6.07) is 8.24. The molecule has 3 aromatic rings. The number of hydrogen-bond donors (Lipinski definition) is 0. The molecule has 5 nitrogen and oxygen atoms in total. The summed E-state index contributed by atoms with van der Waals surface area (Å²) < 4.78 is 41.0. The van der Waals surface area contributed by atoms with Crippen LogP contribution in [0, 0.1) is 17.5 Å². The first-order chi connectivity index (χ1) is 15.2. The van der Waals surface area contributed by atoms with Gasteiger partial charge < -0.3 is 0 Å². The van der Waals surface area contributed by atoms with Crippen LogP contribution in [0.3, 0.4) is 0 Å². The van der Waals surface area contributed by atoms with Gasteiger partial charge in [0, 0.05) is 18.4 Å². The Morgan fingerprint density at radius 2 is 1.81 bits per heavy atom. The lowest BCUT2D eigenvalue weighted by atomic mass is 10.2. The van der Waals surface area contributed by atoms with E-state index in [-0.39, 0.29) is 15.1 Å². The van der Waals surface area contributed by atoms with Crippen LogP contribution < -0.4 is 9.80 Å². The van der Waals surface area contributed by atoms with Crippen molar-refractivity contribution in [2.75, 3.05) is 9.80 Å². The molecule has 1 saturated heterocycles. The standard InChI is InChI=1S/C21H12F3N3O2S3/c1-11(28)26(17-7-4-13(23)8-16(17)24)20-25-14(10-31-20)9-18-19(29)27(21(30)32-18)15-5-2-12(22)3-6-15/h2-10H,1H3/b18-9-. The summed E-state index contributed by atoms with van der Waals surface area (Å²) in [4.78, 5) is 31.9. The number of anilines is 3. The highest BCUT2D eigenvalue weighted by atomic mass is 32.2. The van der Waals surface area contributed by atoms with Crippen LogP contribution in [0.25, 0.3) is 6.08 Å². The van der Waals surface area contributed by atoms with Gasteiger partial charge in [0.05, 0.1) is 22.0 Å². The van der Waals surface area contributed by atoms with Crippen molar-refractivity contribution in [3.05, 3.63) is 75.9 Å². The van der Waals surface area contributed by atoms with Crippen LogP contribution in [0.5, 0.6) is 0 Å². The van der Waals surface area contributed by atoms with Crippen molar-refractivity contribution < 1.29 is 22.8 Å². The Kier molecular flexibility index (Phi) is 6.13. The molecule has 0 unspecified atom stereocenters. The molecular weight excluding hydrogens is 479 g/mol. The third-order valence-corrected chi connectivity index (χ3v) is 6.47. The van der Waals surface area contributed by atoms with E-state index in [4.69, 9.17) is 12.2 Å². The van der Waals surface area contributed by atoms with Crippen molar-refractivity contribution in [2.24, 2.45) is 0 Å². The van der Waals surface area contributed by atoms with Gasteiger partial charge in [-0.25, -0.2) is 18.2 Å². The van der Waals surface area contributed by atoms with Crippen LogP contribution >= 0.6 is 35.3 Å². The van der Waals surface area contributed by atoms with Gasteiger partial charge in [-0.2, -0.15) is 0 Å². The molecule has 1 aliphatic rings. The summed E-state index contributed by atoms with van der Waals surface area (Å²) in [7, 11) is 0. The van der Waals surface area contributed by atoms with E-state index in [9.17, 15) is 22.8 Å². The van der Waals surface area contributed by atoms with Gasteiger partial charge in [-0.05, 0) is 42.5 Å². The molecule has 0 bridgehead atoms. The number of carbonyl (C=O) groups excluding carboxylic acids is 2. The number of nitrogens with zero attached hydrogens (tertiary/aromatic N) is 3. The number of carbonyl (C=O) groups is 2. The zero-order valence-electron chi connectivity index (χ0n) is 16.2. The predicted octanol–water partition coefficient (Wildman–Crippen LogP) is 5.65. The monoisotopic (exact) mass is 491 g/mol. The molecule has 1 aliphatic heterocycles. The molecule has 4 rings (SSSR count). The first-order valence-electron chi connectivity index (χ1n) is 8.99. The van der Waals surface area contributed by atoms with Gasteiger partial charge >= 0.3 is 0 Å². The molecule has 0 spiro atoms. The minimum absolute atomic E-state index is 0.137. The Labute approximate surface area is 194 Å². The minimum Gasteiger partial charge on any atom is -0.274 e. The summed E-state index contributed by atoms with van der Waals surface area (Å²) >= 11 is 7.40. The van der Waals surface area contributed by atoms with E-state index in [1.54, 1.807) is 5.38 Å². The van der Waals surface area contributed by atoms with Crippen molar-refractivity contribution in [3.63, 3.8) is 0 Å². The molecule has 162 valence electrons. The third-order valence-electron chi connectivity index (χ3n) is 4.32. The molecule has 0 aliphatic carbocycles. The number of aromatic nitrogens is 1. The second-order valence-corrected chi connectivity index (χ2v) is 9.01. The largest absolute Gasteiger partial charge is 0.274 e. The number of amides is 2. The number of hydrogen-bond acceptors (Lipinski definition) is 6. The van der Waals surface area contributed by atoms with Gasteiger partial charge in [0.1, 0.15) is 17.5 Å². The molecule has 2 amide bonds. The van der Waals surface area contributed by atoms with Gasteiger partial charge in [0.25, 0.3) is 5.91 Å². The van der Waals surface area contributed by atoms with Crippen LogP contribution in [-0.2, 0) is 9.59 Å². The van der Waals surface area contributed by atoms with Gasteiger partial charge in [0.2, 0.25) is 5.91 Å². The topological polar surface area (TPSA) is 53.5 Å². The van der Waals surface area contributed by atoms with Crippen molar-refractivity contribution in [1.29, 1.82) is 0 Å². The second kappa shape index (κ2) is 8.85. The summed E-state index contributed by atoms with van der Waals surface area (Å²) in [6.45, 7) is 1.23. The molecule has 11 heteroatoms. The van der Waals surface area contributed by atoms with E-state index in [0.29, 0.717) is 22.4 Å². The fourth-order valence-electron chi connectivity index (χ4n) is 2.93. The molecule has 32 heavy (non-hydrogen) atoms. The summed E-state index contributed by atoms with van der Waals surface area (Å²) in [5.74, 6) is -3.01. The Morgan fingerprint density at radius 3 is 2.47 bits per heavy atom. The number of thioether (sulfide) groups is 1. The number of thiocarbonyl (C=S) groups is 1. The van der Waals surface area contributed by atoms with E-state index in [1.807, 2.05) is 0 Å². The first kappa shape index (κ1) is 22.2. The maximum absolute atomic E-state index is 14.2. The van der Waals surface area contributed by atoms with Crippen LogP contribution in [0.4, 0.5) is 29.7 Å². The fraction of sp³-hybridized carbons (Fsp3) is 0.0476. The summed E-state index contributed by atoms with van der Waals surface area (Å²) in [5.41, 5.74) is 0.659. The smallest absolute Gasteiger partial charge is 0.270 e. The molecule has 0 N–H and O–H groups in total. The van der Waals surface area contributed by atoms with E-state index >= 15 is 0 Å². The Hall–Kier alpha value is -3.02. The SMILES string of the molecule is CC(=O)N(c1nc(/C=C2\SC(=S)N(c3ccc(F)cc3)C2=O)cs1)c1ccc(F)cc1F. The number of benzene rings is 2. The third kappa shape index (κ3) is 4.31. The average molecular weight is 492 g/mol. The highest BCUT2D eigenvalue weighted by molar-refractivity contribution is 8.27. The number of rotatable bonds is 4. The van der Waals surface area contributed by atoms with E-state index in [0.717, 1.165) is 40.1 Å². The maximum atomic E-state index is 14.2. The van der Waals surface area contributed by atoms with E-state index in [1.165, 1.54) is 42.2 Å². The van der Waals surface area contributed by atoms with Gasteiger partial charge in [-0.15, -0.1) is 11.3 Å². The van der Waals surface area contributed by atoms with Crippen molar-refractivity contribution in [2.45, 2.75) is 6.92 Å². The molecule has 1 fully saturated rings. The summed E-state index contributed by atoms with van der Waals surface area (Å²) in [5, 5.41) is 1.75. The minimum atomic E-state index is -0.905. The van der Waals surface area contributed by atoms with E-state index in [2.05, 4.69) is 4.98 Å². The van der Waals surface area contributed by atoms with Crippen LogP contribution in [-0.4, -0.2) is 21.1 Å². The van der Waals surface area contributed by atoms with Gasteiger partial charge in [-0.1, -0.05) is 24.0 Å². The van der Waals surface area contributed by atoms with Crippen LogP contribution in [0.15, 0.2) is 52.7 Å². The zero-order valence-corrected chi connectivity index (χ0v) is 18.7. The molecule has 0 atom stereocenters. The molecule has 0 radical (unpaired) electrons. The second-order valence-electron chi connectivity index (χ2n) is 6.50. The molecule has 1 aromatic heterocycles. The van der Waals surface area contributed by atoms with Crippen molar-refractivity contribution >= 4 is 74.0 Å². The lowest BCUT2D eigenvalue weighted by molar-refractivity contribution is -0.116. The van der Waals surface area contributed by atoms with Crippen LogP contribution in [0.1, 0.15) is 12.6 Å². The Morgan fingerprint density at radius 1 is 1.12 bits per heavy atom. The van der Waals surface area contributed by atoms with Crippen molar-refractivity contribution in [3.8, 4) is 0 Å². The lowest BCUT2D eigenvalue weighted by Gasteiger charge is -2.18. The maximum Gasteiger partial charge on any atom is 0.270 e. The predicted molar refractivity (Wildman–Crippen MR) is 123 cm³/mol. The highest BCUT2D eigenvalue weighted by Crippen LogP contribution is 2.37. The fourth-order valence-corrected chi connectivity index (χ4v) is 5.05. The summed E-state index contributed by atoms with van der Waals surface area (Å²) in [6.07, 6.45) is 1.50. The van der Waals surface area contributed by atoms with Crippen LogP contribution in [0.2, 0.25) is 0 Å². The molecule has 2 aromatic carbocycles. The average Bonchev–Trinajstić information content (AvgIpc) is 3.29. The van der Waals surface area contributed by atoms with Gasteiger partial charge in [0.15, 0.2) is 9.45 Å². The van der Waals surface area contributed by atoms with Gasteiger partial charge in [-0.3, -0.25) is 19.4 Å². The zero-order chi connectivity index (χ0) is 23.0. The van der Waals surface area contributed by atoms with E-state index < -0.39 is 29.3 Å². The molecular formula is C21H12F3N3O2S3. The highest BCUT2D eigenvalue weighted by Gasteiger charge is 2.33. The Bertz CT molecular complexity index is 1270. The Balaban J connectivity index is 1.63. The van der Waals surface area contributed by atoms with Crippen molar-refractivity contribution in [1.82, 2.24) is 4.98 Å². The number of halogens is 3. The number of thiazole rings is 1. The quantitative estimate of drug-likeness (QED) is 0.349. The normalized spacial score (nSPS) is 15.0. The lowest BCUT2D eigenvalue weighted by Crippen LogP contribution is -2.27. The molecule has 0 saturated carbocycles. The first-order valence-corrected chi connectivity index (χ1v) is 11.1. The molecule has 2 heterocycles.